The minimum atomic E-state index is -0.479. The molecule has 0 saturated heterocycles. The highest BCUT2D eigenvalue weighted by Crippen LogP contribution is 2.18. The van der Waals surface area contributed by atoms with E-state index in [1.165, 1.54) is 6.08 Å². The van der Waals surface area contributed by atoms with Gasteiger partial charge in [-0.2, -0.15) is 0 Å². The number of hydrogen-bond acceptors (Lipinski definition) is 5. The summed E-state index contributed by atoms with van der Waals surface area (Å²) in [5.74, 6) is 0.385. The molecule has 0 amide bonds. The van der Waals surface area contributed by atoms with Gasteiger partial charge in [0.15, 0.2) is 0 Å². The van der Waals surface area contributed by atoms with Crippen LogP contribution in [0.2, 0.25) is 0 Å². The van der Waals surface area contributed by atoms with E-state index in [4.69, 9.17) is 14.2 Å². The minimum Gasteiger partial charge on any atom is -0.494 e. The number of carbonyl (C=O) groups excluding carboxylic acids is 2. The summed E-state index contributed by atoms with van der Waals surface area (Å²) in [6.07, 6.45) is 7.09. The van der Waals surface area contributed by atoms with Crippen molar-refractivity contribution in [3.63, 3.8) is 0 Å². The van der Waals surface area contributed by atoms with Gasteiger partial charge < -0.3 is 14.2 Å². The van der Waals surface area contributed by atoms with Crippen molar-refractivity contribution in [2.24, 2.45) is 0 Å². The quantitative estimate of drug-likeness (QED) is 0.219. The molecule has 0 bridgehead atoms. The van der Waals surface area contributed by atoms with Gasteiger partial charge in [-0.05, 0) is 60.9 Å². The summed E-state index contributed by atoms with van der Waals surface area (Å²) in [7, 11) is 0. The van der Waals surface area contributed by atoms with Crippen molar-refractivity contribution >= 4 is 18.0 Å². The van der Waals surface area contributed by atoms with Crippen molar-refractivity contribution in [3.05, 3.63) is 65.7 Å². The lowest BCUT2D eigenvalue weighted by Crippen LogP contribution is -2.05. The van der Waals surface area contributed by atoms with Gasteiger partial charge in [-0.1, -0.05) is 38.8 Å². The fourth-order valence-electron chi connectivity index (χ4n) is 2.47. The zero-order valence-electron chi connectivity index (χ0n) is 17.1. The maximum absolute atomic E-state index is 12.0. The summed E-state index contributed by atoms with van der Waals surface area (Å²) in [5, 5.41) is 0. The van der Waals surface area contributed by atoms with E-state index in [1.54, 1.807) is 54.6 Å². The van der Waals surface area contributed by atoms with Crippen molar-refractivity contribution in [1.29, 1.82) is 0 Å². The Bertz CT molecular complexity index is 791. The van der Waals surface area contributed by atoms with Gasteiger partial charge in [0.1, 0.15) is 11.5 Å². The fraction of sp³-hybridized carbons (Fsp3) is 0.333. The summed E-state index contributed by atoms with van der Waals surface area (Å²) in [5.41, 5.74) is 1.26. The first-order valence-electron chi connectivity index (χ1n) is 10.0. The fourth-order valence-corrected chi connectivity index (χ4v) is 2.47. The van der Waals surface area contributed by atoms with Gasteiger partial charge in [0.05, 0.1) is 18.8 Å². The molecule has 5 heteroatoms. The Balaban J connectivity index is 1.82. The molecule has 5 nitrogen and oxygen atoms in total. The Morgan fingerprint density at radius 2 is 1.52 bits per heavy atom. The van der Waals surface area contributed by atoms with Crippen molar-refractivity contribution in [2.45, 2.75) is 39.5 Å². The maximum Gasteiger partial charge on any atom is 0.338 e. The lowest BCUT2D eigenvalue weighted by molar-refractivity contribution is -0.128. The predicted octanol–water partition coefficient (Wildman–Crippen LogP) is 5.44. The standard InChI is InChI=1S/C24H28O5/c1-3-5-6-18-27-21-12-14-22(15-13-21)29-23(25)16-9-19-7-10-20(11-8-19)24(26)28-17-4-2/h7-16H,3-6,17-18H2,1-2H3/b16-9+. The summed E-state index contributed by atoms with van der Waals surface area (Å²) in [6, 6.07) is 13.8. The number of benzene rings is 2. The minimum absolute atomic E-state index is 0.348. The number of carbonyl (C=O) groups is 2. The number of rotatable bonds is 11. The third-order valence-electron chi connectivity index (χ3n) is 4.05. The Kier molecular flexibility index (Phi) is 9.49. The molecule has 2 aromatic carbocycles. The molecule has 0 aromatic heterocycles. The van der Waals surface area contributed by atoms with Crippen LogP contribution in [-0.4, -0.2) is 25.2 Å². The topological polar surface area (TPSA) is 61.8 Å². The summed E-state index contributed by atoms with van der Waals surface area (Å²) >= 11 is 0. The molecule has 0 fully saturated rings. The van der Waals surface area contributed by atoms with Crippen molar-refractivity contribution < 1.29 is 23.8 Å². The molecular formula is C24H28O5. The Hall–Kier alpha value is -3.08. The van der Waals surface area contributed by atoms with Gasteiger partial charge in [0, 0.05) is 6.08 Å². The molecule has 0 atom stereocenters. The van der Waals surface area contributed by atoms with Crippen LogP contribution in [-0.2, 0) is 9.53 Å². The van der Waals surface area contributed by atoms with Gasteiger partial charge >= 0.3 is 11.9 Å². The van der Waals surface area contributed by atoms with E-state index in [-0.39, 0.29) is 5.97 Å². The molecule has 29 heavy (non-hydrogen) atoms. The molecular weight excluding hydrogens is 368 g/mol. The third kappa shape index (κ3) is 8.21. The summed E-state index contributed by atoms with van der Waals surface area (Å²) in [6.45, 7) is 5.18. The van der Waals surface area contributed by atoms with Gasteiger partial charge in [-0.15, -0.1) is 0 Å². The van der Waals surface area contributed by atoms with Crippen LogP contribution in [0.1, 0.15) is 55.5 Å². The van der Waals surface area contributed by atoms with Crippen LogP contribution in [0.3, 0.4) is 0 Å². The molecule has 0 spiro atoms. The van der Waals surface area contributed by atoms with Crippen molar-refractivity contribution in [3.8, 4) is 11.5 Å². The second-order valence-corrected chi connectivity index (χ2v) is 6.54. The van der Waals surface area contributed by atoms with Crippen LogP contribution in [0.15, 0.2) is 54.6 Å². The summed E-state index contributed by atoms with van der Waals surface area (Å²) in [4.78, 5) is 23.8. The monoisotopic (exact) mass is 396 g/mol. The first-order valence-corrected chi connectivity index (χ1v) is 10.0. The van der Waals surface area contributed by atoms with Crippen LogP contribution in [0.25, 0.3) is 6.08 Å². The average molecular weight is 396 g/mol. The number of hydrogen-bond donors (Lipinski definition) is 0. The molecule has 154 valence electrons. The molecule has 0 aliphatic heterocycles. The molecule has 0 heterocycles. The number of esters is 2. The highest BCUT2D eigenvalue weighted by atomic mass is 16.5. The van der Waals surface area contributed by atoms with E-state index in [0.717, 1.165) is 37.0 Å². The van der Waals surface area contributed by atoms with Crippen LogP contribution in [0.5, 0.6) is 11.5 Å². The van der Waals surface area contributed by atoms with E-state index < -0.39 is 5.97 Å². The zero-order chi connectivity index (χ0) is 20.9. The first kappa shape index (κ1) is 22.2. The van der Waals surface area contributed by atoms with Crippen molar-refractivity contribution in [1.82, 2.24) is 0 Å². The lowest BCUT2D eigenvalue weighted by atomic mass is 10.1. The molecule has 0 N–H and O–H groups in total. The molecule has 2 rings (SSSR count). The van der Waals surface area contributed by atoms with E-state index in [1.807, 2.05) is 6.92 Å². The van der Waals surface area contributed by atoms with Crippen LogP contribution in [0.4, 0.5) is 0 Å². The zero-order valence-corrected chi connectivity index (χ0v) is 17.1. The second-order valence-electron chi connectivity index (χ2n) is 6.54. The van der Waals surface area contributed by atoms with Crippen LogP contribution < -0.4 is 9.47 Å². The Labute approximate surface area is 172 Å². The molecule has 0 unspecified atom stereocenters. The van der Waals surface area contributed by atoms with E-state index in [0.29, 0.717) is 24.5 Å². The van der Waals surface area contributed by atoms with E-state index in [2.05, 4.69) is 6.92 Å². The molecule has 2 aromatic rings. The lowest BCUT2D eigenvalue weighted by Gasteiger charge is -2.06. The van der Waals surface area contributed by atoms with Gasteiger partial charge in [-0.25, -0.2) is 9.59 Å². The smallest absolute Gasteiger partial charge is 0.338 e. The normalized spacial score (nSPS) is 10.7. The predicted molar refractivity (Wildman–Crippen MR) is 113 cm³/mol. The number of ether oxygens (including phenoxy) is 3. The van der Waals surface area contributed by atoms with E-state index in [9.17, 15) is 9.59 Å². The Morgan fingerprint density at radius 3 is 2.17 bits per heavy atom. The SMILES string of the molecule is CCCCCOc1ccc(OC(=O)/C=C/c2ccc(C(=O)OCCC)cc2)cc1. The van der Waals surface area contributed by atoms with Gasteiger partial charge in [0.2, 0.25) is 0 Å². The average Bonchev–Trinajstić information content (AvgIpc) is 2.75. The number of unbranched alkanes of at least 4 members (excludes halogenated alkanes) is 2. The third-order valence-corrected chi connectivity index (χ3v) is 4.05. The largest absolute Gasteiger partial charge is 0.494 e. The van der Waals surface area contributed by atoms with Crippen molar-refractivity contribution in [2.75, 3.05) is 13.2 Å². The van der Waals surface area contributed by atoms with Gasteiger partial charge in [0.25, 0.3) is 0 Å². The molecule has 0 aliphatic rings. The second kappa shape index (κ2) is 12.4. The van der Waals surface area contributed by atoms with E-state index >= 15 is 0 Å². The van der Waals surface area contributed by atoms with Crippen LogP contribution in [0, 0.1) is 0 Å². The maximum atomic E-state index is 12.0. The molecule has 0 radical (unpaired) electrons. The molecule has 0 aliphatic carbocycles. The molecule has 0 saturated carbocycles. The highest BCUT2D eigenvalue weighted by molar-refractivity contribution is 5.91. The Morgan fingerprint density at radius 1 is 0.828 bits per heavy atom. The summed E-state index contributed by atoms with van der Waals surface area (Å²) < 4.78 is 16.0. The van der Waals surface area contributed by atoms with Crippen LogP contribution >= 0.6 is 0 Å². The highest BCUT2D eigenvalue weighted by Gasteiger charge is 2.06. The van der Waals surface area contributed by atoms with Gasteiger partial charge in [-0.3, -0.25) is 0 Å². The first-order chi connectivity index (χ1) is 14.1.